The van der Waals surface area contributed by atoms with Gasteiger partial charge in [0.25, 0.3) is 0 Å². The smallest absolute Gasteiger partial charge is 0.201 e. The number of thiazole rings is 1. The molecule has 0 fully saturated rings. The third-order valence-electron chi connectivity index (χ3n) is 3.25. The Hall–Kier alpha value is -2.67. The quantitative estimate of drug-likeness (QED) is 0.722. The van der Waals surface area contributed by atoms with E-state index in [0.29, 0.717) is 22.3 Å². The van der Waals surface area contributed by atoms with E-state index in [0.717, 1.165) is 15.6 Å². The van der Waals surface area contributed by atoms with Crippen molar-refractivity contribution in [1.82, 2.24) is 4.98 Å². The Balaban J connectivity index is 2.06. The Bertz CT molecular complexity index is 957. The number of benzene rings is 1. The van der Waals surface area contributed by atoms with Gasteiger partial charge in [-0.2, -0.15) is 0 Å². The number of carbonyl (C=O) groups excluding carboxylic acids is 1. The molecule has 0 bridgehead atoms. The molecule has 0 N–H and O–H groups in total. The SMILES string of the molecule is Cc1nc(C)c(-c2coc3cc(OCC(=O)[O-])ccc3c2=O)s1. The van der Waals surface area contributed by atoms with E-state index < -0.39 is 12.6 Å². The van der Waals surface area contributed by atoms with E-state index in [2.05, 4.69) is 4.98 Å². The first-order valence-electron chi connectivity index (χ1n) is 6.78. The lowest BCUT2D eigenvalue weighted by atomic mass is 10.1. The van der Waals surface area contributed by atoms with Gasteiger partial charge >= 0.3 is 0 Å². The van der Waals surface area contributed by atoms with Gasteiger partial charge in [-0.1, -0.05) is 0 Å². The summed E-state index contributed by atoms with van der Waals surface area (Å²) >= 11 is 1.44. The van der Waals surface area contributed by atoms with Gasteiger partial charge in [0, 0.05) is 6.07 Å². The van der Waals surface area contributed by atoms with Crippen LogP contribution in [-0.4, -0.2) is 17.6 Å². The summed E-state index contributed by atoms with van der Waals surface area (Å²) in [4.78, 5) is 28.2. The molecule has 1 aromatic carbocycles. The second-order valence-electron chi connectivity index (χ2n) is 4.94. The summed E-state index contributed by atoms with van der Waals surface area (Å²) in [7, 11) is 0. The Morgan fingerprint density at radius 2 is 2.17 bits per heavy atom. The molecule has 3 rings (SSSR count). The number of hydrogen-bond acceptors (Lipinski definition) is 7. The van der Waals surface area contributed by atoms with E-state index in [-0.39, 0.29) is 5.43 Å². The summed E-state index contributed by atoms with van der Waals surface area (Å²) in [5.41, 5.74) is 1.41. The summed E-state index contributed by atoms with van der Waals surface area (Å²) in [6.45, 7) is 3.16. The lowest BCUT2D eigenvalue weighted by Gasteiger charge is -2.07. The highest BCUT2D eigenvalue weighted by atomic mass is 32.1. The number of rotatable bonds is 4. The fourth-order valence-electron chi connectivity index (χ4n) is 2.28. The topological polar surface area (TPSA) is 92.5 Å². The van der Waals surface area contributed by atoms with Crippen molar-refractivity contribution in [2.45, 2.75) is 13.8 Å². The number of fused-ring (bicyclic) bond motifs is 1. The largest absolute Gasteiger partial charge is 0.546 e. The third kappa shape index (κ3) is 2.95. The van der Waals surface area contributed by atoms with Crippen molar-refractivity contribution in [3.63, 3.8) is 0 Å². The number of aryl methyl sites for hydroxylation is 2. The first kappa shape index (κ1) is 15.2. The van der Waals surface area contributed by atoms with Gasteiger partial charge in [-0.15, -0.1) is 11.3 Å². The highest BCUT2D eigenvalue weighted by molar-refractivity contribution is 7.15. The minimum atomic E-state index is -1.32. The zero-order chi connectivity index (χ0) is 16.6. The molecule has 23 heavy (non-hydrogen) atoms. The van der Waals surface area contributed by atoms with Gasteiger partial charge in [-0.05, 0) is 26.0 Å². The lowest BCUT2D eigenvalue weighted by Crippen LogP contribution is -2.28. The number of aromatic nitrogens is 1. The molecule has 0 atom stereocenters. The Morgan fingerprint density at radius 1 is 1.39 bits per heavy atom. The normalized spacial score (nSPS) is 10.9. The van der Waals surface area contributed by atoms with Crippen LogP contribution in [0.1, 0.15) is 10.7 Å². The molecule has 0 saturated carbocycles. The van der Waals surface area contributed by atoms with Crippen molar-refractivity contribution < 1.29 is 19.1 Å². The summed E-state index contributed by atoms with van der Waals surface area (Å²) in [5.74, 6) is -1.03. The molecule has 0 amide bonds. The molecular formula is C16H12NO5S-. The number of carboxylic acids is 1. The maximum atomic E-state index is 12.6. The van der Waals surface area contributed by atoms with Gasteiger partial charge < -0.3 is 19.1 Å². The average molecular weight is 330 g/mol. The maximum Gasteiger partial charge on any atom is 0.201 e. The van der Waals surface area contributed by atoms with E-state index >= 15 is 0 Å². The summed E-state index contributed by atoms with van der Waals surface area (Å²) in [6, 6.07) is 4.56. The molecule has 7 heteroatoms. The van der Waals surface area contributed by atoms with Gasteiger partial charge in [0.05, 0.1) is 32.5 Å². The number of carbonyl (C=O) groups is 1. The minimum absolute atomic E-state index is 0.163. The van der Waals surface area contributed by atoms with Gasteiger partial charge in [0.2, 0.25) is 5.43 Å². The Kier molecular flexibility index (Phi) is 3.87. The first-order chi connectivity index (χ1) is 11.0. The molecule has 6 nitrogen and oxygen atoms in total. The fraction of sp³-hybridized carbons (Fsp3) is 0.188. The highest BCUT2D eigenvalue weighted by Gasteiger charge is 2.14. The summed E-state index contributed by atoms with van der Waals surface area (Å²) in [5, 5.41) is 11.7. The van der Waals surface area contributed by atoms with E-state index in [4.69, 9.17) is 9.15 Å². The summed E-state index contributed by atoms with van der Waals surface area (Å²) in [6.07, 6.45) is 1.40. The molecular weight excluding hydrogens is 318 g/mol. The highest BCUT2D eigenvalue weighted by Crippen LogP contribution is 2.29. The van der Waals surface area contributed by atoms with Crippen LogP contribution in [0.25, 0.3) is 21.4 Å². The Labute approximate surface area is 135 Å². The molecule has 0 unspecified atom stereocenters. The molecule has 0 aliphatic rings. The lowest BCUT2D eigenvalue weighted by molar-refractivity contribution is -0.307. The zero-order valence-corrected chi connectivity index (χ0v) is 13.2. The van der Waals surface area contributed by atoms with Gasteiger partial charge in [0.15, 0.2) is 0 Å². The van der Waals surface area contributed by atoms with Crippen molar-refractivity contribution in [1.29, 1.82) is 0 Å². The predicted molar refractivity (Wildman–Crippen MR) is 83.6 cm³/mol. The summed E-state index contributed by atoms with van der Waals surface area (Å²) < 4.78 is 10.5. The van der Waals surface area contributed by atoms with Crippen molar-refractivity contribution in [2.75, 3.05) is 6.61 Å². The van der Waals surface area contributed by atoms with Gasteiger partial charge in [-0.3, -0.25) is 4.79 Å². The van der Waals surface area contributed by atoms with Crippen molar-refractivity contribution in [2.24, 2.45) is 0 Å². The predicted octanol–water partition coefficient (Wildman–Crippen LogP) is 1.66. The minimum Gasteiger partial charge on any atom is -0.546 e. The Morgan fingerprint density at radius 3 is 2.83 bits per heavy atom. The van der Waals surface area contributed by atoms with E-state index in [9.17, 15) is 14.7 Å². The molecule has 0 aliphatic carbocycles. The molecule has 0 saturated heterocycles. The van der Waals surface area contributed by atoms with Crippen LogP contribution in [0.4, 0.5) is 0 Å². The van der Waals surface area contributed by atoms with E-state index in [1.54, 1.807) is 6.07 Å². The molecule has 0 spiro atoms. The van der Waals surface area contributed by atoms with Gasteiger partial charge in [-0.25, -0.2) is 4.98 Å². The molecule has 0 aliphatic heterocycles. The van der Waals surface area contributed by atoms with Crippen LogP contribution in [0, 0.1) is 13.8 Å². The third-order valence-corrected chi connectivity index (χ3v) is 4.36. The number of aliphatic carboxylic acids is 1. The van der Waals surface area contributed by atoms with Crippen LogP contribution in [0.3, 0.4) is 0 Å². The van der Waals surface area contributed by atoms with Crippen molar-refractivity contribution in [3.8, 4) is 16.2 Å². The van der Waals surface area contributed by atoms with Crippen LogP contribution in [0.5, 0.6) is 5.75 Å². The number of carboxylic acid groups (broad SMARTS) is 1. The van der Waals surface area contributed by atoms with E-state index in [1.165, 1.54) is 29.7 Å². The molecule has 0 radical (unpaired) electrons. The van der Waals surface area contributed by atoms with Crippen LogP contribution >= 0.6 is 11.3 Å². The zero-order valence-electron chi connectivity index (χ0n) is 12.4. The number of hydrogen-bond donors (Lipinski definition) is 0. The number of nitrogens with zero attached hydrogens (tertiary/aromatic N) is 1. The van der Waals surface area contributed by atoms with E-state index in [1.807, 2.05) is 13.8 Å². The second-order valence-corrected chi connectivity index (χ2v) is 6.15. The van der Waals surface area contributed by atoms with Crippen molar-refractivity contribution >= 4 is 28.3 Å². The monoisotopic (exact) mass is 330 g/mol. The molecule has 2 aromatic heterocycles. The first-order valence-corrected chi connectivity index (χ1v) is 7.60. The van der Waals surface area contributed by atoms with Gasteiger partial charge in [0.1, 0.15) is 24.2 Å². The average Bonchev–Trinajstić information content (AvgIpc) is 2.84. The number of ether oxygens (including phenoxy) is 1. The van der Waals surface area contributed by atoms with Crippen molar-refractivity contribution in [3.05, 3.63) is 45.4 Å². The molecule has 118 valence electrons. The fourth-order valence-corrected chi connectivity index (χ4v) is 3.20. The van der Waals surface area contributed by atoms with Crippen LogP contribution in [-0.2, 0) is 4.79 Å². The maximum absolute atomic E-state index is 12.6. The van der Waals surface area contributed by atoms with Crippen LogP contribution < -0.4 is 15.3 Å². The molecule has 2 heterocycles. The van der Waals surface area contributed by atoms with Crippen LogP contribution in [0.2, 0.25) is 0 Å². The van der Waals surface area contributed by atoms with Crippen LogP contribution in [0.15, 0.2) is 33.7 Å². The standard InChI is InChI=1S/C16H13NO5S/c1-8-16(23-9(2)17-8)12-6-22-13-5-10(21-7-14(18)19)3-4-11(13)15(12)20/h3-6H,7H2,1-2H3,(H,18,19)/p-1. The second kappa shape index (κ2) is 5.85. The molecule has 3 aromatic rings.